The van der Waals surface area contributed by atoms with E-state index in [1.54, 1.807) is 24.7 Å². The van der Waals surface area contributed by atoms with Gasteiger partial charge in [0.1, 0.15) is 0 Å². The van der Waals surface area contributed by atoms with Crippen molar-refractivity contribution < 1.29 is 4.74 Å². The molecule has 0 aliphatic heterocycles. The van der Waals surface area contributed by atoms with Gasteiger partial charge in [0, 0.05) is 4.88 Å². The summed E-state index contributed by atoms with van der Waals surface area (Å²) in [6, 6.07) is 21.9. The lowest BCUT2D eigenvalue weighted by Gasteiger charge is -2.06. The van der Waals surface area contributed by atoms with Gasteiger partial charge < -0.3 is 4.74 Å². The van der Waals surface area contributed by atoms with Crippen molar-refractivity contribution in [2.24, 2.45) is 0 Å². The fourth-order valence-corrected chi connectivity index (χ4v) is 3.72. The second-order valence-electron chi connectivity index (χ2n) is 5.50. The summed E-state index contributed by atoms with van der Waals surface area (Å²) < 4.78 is 5.05. The first kappa shape index (κ1) is 14.0. The average Bonchev–Trinajstić information content (AvgIpc) is 3.06. The van der Waals surface area contributed by atoms with Gasteiger partial charge in [-0.25, -0.2) is 0 Å². The van der Waals surface area contributed by atoms with Gasteiger partial charge in [0.2, 0.25) is 0 Å². The molecule has 112 valence electrons. The van der Waals surface area contributed by atoms with Crippen molar-refractivity contribution in [1.82, 2.24) is 0 Å². The molecule has 0 fully saturated rings. The fraction of sp³-hybridized carbons (Fsp3) is 0.0476. The standard InChI is InChI=1S/C21H16OS/c1-22-10-8-21-20(9-11-23-21)18-7-6-17-12-15-4-2-3-5-16(15)13-19(17)14-18/h2-14H,1H3. The lowest BCUT2D eigenvalue weighted by atomic mass is 9.99. The number of rotatable bonds is 3. The zero-order valence-corrected chi connectivity index (χ0v) is 13.6. The Morgan fingerprint density at radius 3 is 2.35 bits per heavy atom. The maximum atomic E-state index is 5.05. The Morgan fingerprint density at radius 2 is 1.57 bits per heavy atom. The summed E-state index contributed by atoms with van der Waals surface area (Å²) in [5, 5.41) is 7.23. The molecule has 4 aromatic rings. The minimum Gasteiger partial charge on any atom is -0.504 e. The number of benzene rings is 3. The van der Waals surface area contributed by atoms with E-state index in [4.69, 9.17) is 4.74 Å². The van der Waals surface area contributed by atoms with Crippen LogP contribution in [0, 0.1) is 0 Å². The van der Waals surface area contributed by atoms with E-state index >= 15 is 0 Å². The van der Waals surface area contributed by atoms with E-state index in [1.165, 1.54) is 37.5 Å². The van der Waals surface area contributed by atoms with E-state index < -0.39 is 0 Å². The van der Waals surface area contributed by atoms with Gasteiger partial charge in [-0.1, -0.05) is 36.4 Å². The highest BCUT2D eigenvalue weighted by Crippen LogP contribution is 2.32. The quantitative estimate of drug-likeness (QED) is 0.316. The summed E-state index contributed by atoms with van der Waals surface area (Å²) in [7, 11) is 1.67. The molecule has 1 heterocycles. The van der Waals surface area contributed by atoms with Crippen molar-refractivity contribution in [1.29, 1.82) is 0 Å². The van der Waals surface area contributed by atoms with Crippen LogP contribution in [-0.4, -0.2) is 7.11 Å². The zero-order valence-electron chi connectivity index (χ0n) is 12.8. The SMILES string of the molecule is COC=Cc1sccc1-c1ccc2cc3ccccc3cc2c1. The van der Waals surface area contributed by atoms with Crippen LogP contribution >= 0.6 is 11.3 Å². The Labute approximate surface area is 139 Å². The van der Waals surface area contributed by atoms with Gasteiger partial charge in [0.05, 0.1) is 13.4 Å². The predicted octanol–water partition coefficient (Wildman–Crippen LogP) is 6.34. The van der Waals surface area contributed by atoms with Crippen LogP contribution in [0.25, 0.3) is 38.7 Å². The lowest BCUT2D eigenvalue weighted by molar-refractivity contribution is 0.341. The molecular formula is C21H16OS. The summed E-state index contributed by atoms with van der Waals surface area (Å²) in [6.07, 6.45) is 3.74. The molecule has 1 nitrogen and oxygen atoms in total. The molecular weight excluding hydrogens is 300 g/mol. The molecule has 0 saturated carbocycles. The second kappa shape index (κ2) is 5.90. The van der Waals surface area contributed by atoms with Crippen LogP contribution in [0.1, 0.15) is 4.88 Å². The van der Waals surface area contributed by atoms with Gasteiger partial charge in [-0.3, -0.25) is 0 Å². The molecule has 0 bridgehead atoms. The second-order valence-corrected chi connectivity index (χ2v) is 6.45. The van der Waals surface area contributed by atoms with E-state index in [1.807, 2.05) is 6.08 Å². The van der Waals surface area contributed by atoms with Crippen molar-refractivity contribution in [3.63, 3.8) is 0 Å². The monoisotopic (exact) mass is 316 g/mol. The topological polar surface area (TPSA) is 9.23 Å². The highest BCUT2D eigenvalue weighted by molar-refractivity contribution is 7.11. The molecule has 0 spiro atoms. The third-order valence-electron chi connectivity index (χ3n) is 4.07. The van der Waals surface area contributed by atoms with Gasteiger partial charge in [0.15, 0.2) is 0 Å². The van der Waals surface area contributed by atoms with Crippen LogP contribution in [0.4, 0.5) is 0 Å². The summed E-state index contributed by atoms with van der Waals surface area (Å²) in [5.74, 6) is 0. The Kier molecular flexibility index (Phi) is 3.60. The molecule has 0 aliphatic rings. The van der Waals surface area contributed by atoms with Crippen molar-refractivity contribution in [2.75, 3.05) is 7.11 Å². The molecule has 0 atom stereocenters. The van der Waals surface area contributed by atoms with E-state index in [-0.39, 0.29) is 0 Å². The van der Waals surface area contributed by atoms with Crippen LogP contribution in [0.15, 0.2) is 72.3 Å². The Bertz CT molecular complexity index is 1010. The molecule has 0 unspecified atom stereocenters. The minimum absolute atomic E-state index is 1.21. The smallest absolute Gasteiger partial charge is 0.0838 e. The number of methoxy groups -OCH3 is 1. The van der Waals surface area contributed by atoms with E-state index in [9.17, 15) is 0 Å². The highest BCUT2D eigenvalue weighted by atomic mass is 32.1. The third kappa shape index (κ3) is 2.62. The van der Waals surface area contributed by atoms with Crippen molar-refractivity contribution in [2.45, 2.75) is 0 Å². The maximum Gasteiger partial charge on any atom is 0.0838 e. The first-order valence-corrected chi connectivity index (χ1v) is 8.43. The summed E-state index contributed by atoms with van der Waals surface area (Å²) in [4.78, 5) is 1.21. The molecule has 1 aromatic heterocycles. The van der Waals surface area contributed by atoms with Gasteiger partial charge in [-0.2, -0.15) is 0 Å². The van der Waals surface area contributed by atoms with E-state index in [2.05, 4.69) is 66.0 Å². The number of thiophene rings is 1. The van der Waals surface area contributed by atoms with Crippen LogP contribution in [0.5, 0.6) is 0 Å². The first-order valence-electron chi connectivity index (χ1n) is 7.55. The van der Waals surface area contributed by atoms with Gasteiger partial charge in [-0.15, -0.1) is 11.3 Å². The molecule has 0 aliphatic carbocycles. The largest absolute Gasteiger partial charge is 0.504 e. The average molecular weight is 316 g/mol. The van der Waals surface area contributed by atoms with Crippen LogP contribution in [-0.2, 0) is 4.74 Å². The first-order chi connectivity index (χ1) is 11.3. The predicted molar refractivity (Wildman–Crippen MR) is 101 cm³/mol. The number of ether oxygens (including phenoxy) is 1. The number of hydrogen-bond donors (Lipinski definition) is 0. The maximum absolute atomic E-state index is 5.05. The molecule has 0 amide bonds. The highest BCUT2D eigenvalue weighted by Gasteiger charge is 2.06. The molecule has 3 aromatic carbocycles. The van der Waals surface area contributed by atoms with Crippen molar-refractivity contribution in [3.8, 4) is 11.1 Å². The molecule has 2 heteroatoms. The molecule has 4 rings (SSSR count). The lowest BCUT2D eigenvalue weighted by Crippen LogP contribution is -1.80. The van der Waals surface area contributed by atoms with Crippen molar-refractivity contribution >= 4 is 39.0 Å². The summed E-state index contributed by atoms with van der Waals surface area (Å²) in [5.41, 5.74) is 2.49. The van der Waals surface area contributed by atoms with Gasteiger partial charge >= 0.3 is 0 Å². The number of fused-ring (bicyclic) bond motifs is 2. The molecule has 0 radical (unpaired) electrons. The van der Waals surface area contributed by atoms with Crippen molar-refractivity contribution in [3.05, 3.63) is 77.2 Å². The number of hydrogen-bond acceptors (Lipinski definition) is 2. The molecule has 23 heavy (non-hydrogen) atoms. The third-order valence-corrected chi connectivity index (χ3v) is 4.95. The van der Waals surface area contributed by atoms with Gasteiger partial charge in [0.25, 0.3) is 0 Å². The minimum atomic E-state index is 1.21. The Balaban J connectivity index is 1.87. The van der Waals surface area contributed by atoms with Gasteiger partial charge in [-0.05, 0) is 68.4 Å². The normalized spacial score (nSPS) is 11.5. The van der Waals surface area contributed by atoms with Crippen LogP contribution in [0.2, 0.25) is 0 Å². The summed E-state index contributed by atoms with van der Waals surface area (Å²) >= 11 is 1.73. The van der Waals surface area contributed by atoms with Crippen LogP contribution in [0.3, 0.4) is 0 Å². The molecule has 0 saturated heterocycles. The van der Waals surface area contributed by atoms with E-state index in [0.717, 1.165) is 0 Å². The molecule has 0 N–H and O–H groups in total. The zero-order chi connectivity index (χ0) is 15.6. The summed E-state index contributed by atoms with van der Waals surface area (Å²) in [6.45, 7) is 0. The van der Waals surface area contributed by atoms with Crippen LogP contribution < -0.4 is 0 Å². The Hall–Kier alpha value is -2.58. The fourth-order valence-electron chi connectivity index (χ4n) is 2.93. The Morgan fingerprint density at radius 1 is 0.826 bits per heavy atom. The van der Waals surface area contributed by atoms with E-state index in [0.29, 0.717) is 0 Å².